The van der Waals surface area contributed by atoms with Crippen LogP contribution in [-0.4, -0.2) is 9.97 Å². The maximum Gasteiger partial charge on any atom is 0.0708 e. The zero-order valence-corrected chi connectivity index (χ0v) is 15.0. The van der Waals surface area contributed by atoms with Gasteiger partial charge in [0.15, 0.2) is 0 Å². The Morgan fingerprint density at radius 2 is 0.962 bits per heavy atom. The number of hydrogen-bond donors (Lipinski definition) is 0. The van der Waals surface area contributed by atoms with Crippen LogP contribution in [0.2, 0.25) is 0 Å². The molecule has 0 amide bonds. The van der Waals surface area contributed by atoms with Crippen molar-refractivity contribution in [2.75, 3.05) is 0 Å². The van der Waals surface area contributed by atoms with Gasteiger partial charge in [0.1, 0.15) is 0 Å². The monoisotopic (exact) mass is 336 g/mol. The molecule has 0 radical (unpaired) electrons. The van der Waals surface area contributed by atoms with Gasteiger partial charge in [-0.1, -0.05) is 47.5 Å². The molecule has 0 bridgehead atoms. The van der Waals surface area contributed by atoms with E-state index in [1.54, 1.807) is 0 Å². The summed E-state index contributed by atoms with van der Waals surface area (Å²) in [6.45, 7) is 4.23. The minimum absolute atomic E-state index is 0.985. The molecule has 2 heterocycles. The summed E-state index contributed by atoms with van der Waals surface area (Å²) in [7, 11) is 0. The van der Waals surface area contributed by atoms with Crippen LogP contribution >= 0.6 is 0 Å². The molecule has 0 fully saturated rings. The first kappa shape index (κ1) is 16.2. The Hall–Kier alpha value is -3.26. The molecule has 0 saturated heterocycles. The van der Waals surface area contributed by atoms with Crippen molar-refractivity contribution >= 4 is 0 Å². The first-order chi connectivity index (χ1) is 12.7. The number of hydrogen-bond acceptors (Lipinski definition) is 2. The van der Waals surface area contributed by atoms with Crippen molar-refractivity contribution in [1.29, 1.82) is 0 Å². The normalized spacial score (nSPS) is 10.7. The van der Waals surface area contributed by atoms with Crippen molar-refractivity contribution in [2.45, 2.75) is 13.8 Å². The lowest BCUT2D eigenvalue weighted by Gasteiger charge is -2.15. The van der Waals surface area contributed by atoms with Crippen LogP contribution < -0.4 is 0 Å². The molecule has 126 valence electrons. The maximum atomic E-state index is 4.58. The highest BCUT2D eigenvalue weighted by Crippen LogP contribution is 2.37. The second kappa shape index (κ2) is 6.93. The Morgan fingerprint density at radius 1 is 0.500 bits per heavy atom. The minimum atomic E-state index is 0.985. The number of nitrogens with zero attached hydrogens (tertiary/aromatic N) is 2. The Bertz CT molecular complexity index is 951. The Labute approximate surface area is 154 Å². The molecular weight excluding hydrogens is 316 g/mol. The van der Waals surface area contributed by atoms with Gasteiger partial charge in [-0.05, 0) is 61.4 Å². The molecule has 26 heavy (non-hydrogen) atoms. The molecule has 0 aliphatic carbocycles. The van der Waals surface area contributed by atoms with Crippen LogP contribution in [0.15, 0.2) is 85.2 Å². The molecule has 0 N–H and O–H groups in total. The molecule has 0 spiro atoms. The zero-order valence-electron chi connectivity index (χ0n) is 15.0. The van der Waals surface area contributed by atoms with Gasteiger partial charge in [0, 0.05) is 23.5 Å². The van der Waals surface area contributed by atoms with Crippen molar-refractivity contribution in [3.8, 4) is 33.6 Å². The summed E-state index contributed by atoms with van der Waals surface area (Å²) in [6, 6.07) is 25.2. The van der Waals surface area contributed by atoms with E-state index in [9.17, 15) is 0 Å². The number of rotatable bonds is 3. The lowest BCUT2D eigenvalue weighted by atomic mass is 9.90. The van der Waals surface area contributed by atoms with Gasteiger partial charge in [0.05, 0.1) is 11.4 Å². The number of aryl methyl sites for hydroxylation is 2. The standard InChI is InChI=1S/C24H20N2/c1-17-9-11-19(21(15-17)23-7-3-5-13-25-23)20-12-10-18(2)16-22(20)24-8-4-6-14-26-24/h3-16H,1-2H3. The van der Waals surface area contributed by atoms with Crippen molar-refractivity contribution in [2.24, 2.45) is 0 Å². The van der Waals surface area contributed by atoms with E-state index in [0.717, 1.165) is 22.5 Å². The SMILES string of the molecule is Cc1ccc(-c2ccc(C)cc2-c2ccccn2)c(-c2ccccn2)c1. The summed E-state index contributed by atoms with van der Waals surface area (Å²) < 4.78 is 0. The number of aromatic nitrogens is 2. The van der Waals surface area contributed by atoms with E-state index in [2.05, 4.69) is 72.3 Å². The minimum Gasteiger partial charge on any atom is -0.256 e. The Morgan fingerprint density at radius 3 is 1.35 bits per heavy atom. The predicted molar refractivity (Wildman–Crippen MR) is 108 cm³/mol. The fourth-order valence-electron chi connectivity index (χ4n) is 3.25. The maximum absolute atomic E-state index is 4.58. The number of pyridine rings is 2. The summed E-state index contributed by atoms with van der Waals surface area (Å²) in [6.07, 6.45) is 3.69. The summed E-state index contributed by atoms with van der Waals surface area (Å²) in [5, 5.41) is 0. The molecular formula is C24H20N2. The van der Waals surface area contributed by atoms with Crippen molar-refractivity contribution in [3.05, 3.63) is 96.3 Å². The lowest BCUT2D eigenvalue weighted by molar-refractivity contribution is 1.31. The second-order valence-corrected chi connectivity index (χ2v) is 6.53. The molecule has 4 aromatic rings. The predicted octanol–water partition coefficient (Wildman–Crippen LogP) is 6.09. The van der Waals surface area contributed by atoms with Gasteiger partial charge < -0.3 is 0 Å². The average molecular weight is 336 g/mol. The van der Waals surface area contributed by atoms with E-state index in [-0.39, 0.29) is 0 Å². The highest BCUT2D eigenvalue weighted by atomic mass is 14.7. The van der Waals surface area contributed by atoms with Crippen LogP contribution in [0.1, 0.15) is 11.1 Å². The van der Waals surface area contributed by atoms with Gasteiger partial charge in [0.25, 0.3) is 0 Å². The highest BCUT2D eigenvalue weighted by Gasteiger charge is 2.14. The molecule has 4 rings (SSSR count). The van der Waals surface area contributed by atoms with E-state index in [1.165, 1.54) is 22.3 Å². The van der Waals surface area contributed by atoms with Crippen LogP contribution in [-0.2, 0) is 0 Å². The van der Waals surface area contributed by atoms with E-state index in [0.29, 0.717) is 0 Å². The molecule has 2 nitrogen and oxygen atoms in total. The Balaban J connectivity index is 1.98. The van der Waals surface area contributed by atoms with E-state index in [4.69, 9.17) is 0 Å². The fourth-order valence-corrected chi connectivity index (χ4v) is 3.25. The molecule has 0 saturated carbocycles. The van der Waals surface area contributed by atoms with E-state index in [1.807, 2.05) is 36.7 Å². The van der Waals surface area contributed by atoms with Crippen LogP contribution in [0.3, 0.4) is 0 Å². The summed E-state index contributed by atoms with van der Waals surface area (Å²) in [5.74, 6) is 0. The van der Waals surface area contributed by atoms with Crippen LogP contribution in [0.4, 0.5) is 0 Å². The smallest absolute Gasteiger partial charge is 0.0708 e. The molecule has 0 atom stereocenters. The topological polar surface area (TPSA) is 25.8 Å². The zero-order chi connectivity index (χ0) is 17.9. The molecule has 0 aliphatic heterocycles. The van der Waals surface area contributed by atoms with Gasteiger partial charge in [0.2, 0.25) is 0 Å². The summed E-state index contributed by atoms with van der Waals surface area (Å²) in [4.78, 5) is 9.16. The first-order valence-electron chi connectivity index (χ1n) is 8.77. The molecule has 2 aromatic carbocycles. The second-order valence-electron chi connectivity index (χ2n) is 6.53. The summed E-state index contributed by atoms with van der Waals surface area (Å²) >= 11 is 0. The third kappa shape index (κ3) is 3.14. The van der Waals surface area contributed by atoms with Crippen LogP contribution in [0, 0.1) is 13.8 Å². The third-order valence-corrected chi connectivity index (χ3v) is 4.52. The van der Waals surface area contributed by atoms with Gasteiger partial charge in [-0.3, -0.25) is 9.97 Å². The fraction of sp³-hybridized carbons (Fsp3) is 0.0833. The van der Waals surface area contributed by atoms with Gasteiger partial charge >= 0.3 is 0 Å². The summed E-state index contributed by atoms with van der Waals surface area (Å²) in [5.41, 5.74) is 9.06. The first-order valence-corrected chi connectivity index (χ1v) is 8.77. The molecule has 0 aliphatic rings. The molecule has 2 heteroatoms. The van der Waals surface area contributed by atoms with Gasteiger partial charge in [-0.25, -0.2) is 0 Å². The van der Waals surface area contributed by atoms with Crippen molar-refractivity contribution < 1.29 is 0 Å². The van der Waals surface area contributed by atoms with E-state index < -0.39 is 0 Å². The quantitative estimate of drug-likeness (QED) is 0.452. The number of benzene rings is 2. The van der Waals surface area contributed by atoms with Crippen LogP contribution in [0.5, 0.6) is 0 Å². The third-order valence-electron chi connectivity index (χ3n) is 4.52. The van der Waals surface area contributed by atoms with Gasteiger partial charge in [-0.15, -0.1) is 0 Å². The average Bonchev–Trinajstić information content (AvgIpc) is 2.69. The molecule has 0 unspecified atom stereocenters. The Kier molecular flexibility index (Phi) is 4.32. The van der Waals surface area contributed by atoms with Crippen molar-refractivity contribution in [1.82, 2.24) is 9.97 Å². The lowest BCUT2D eigenvalue weighted by Crippen LogP contribution is -1.93. The van der Waals surface area contributed by atoms with Crippen molar-refractivity contribution in [3.63, 3.8) is 0 Å². The largest absolute Gasteiger partial charge is 0.256 e. The highest BCUT2D eigenvalue weighted by molar-refractivity contribution is 5.90. The molecule has 2 aromatic heterocycles. The van der Waals surface area contributed by atoms with Crippen LogP contribution in [0.25, 0.3) is 33.6 Å². The van der Waals surface area contributed by atoms with E-state index >= 15 is 0 Å². The van der Waals surface area contributed by atoms with Gasteiger partial charge in [-0.2, -0.15) is 0 Å².